The fourth-order valence-electron chi connectivity index (χ4n) is 4.03. The maximum Gasteiger partial charge on any atom is 0.303 e. The van der Waals surface area contributed by atoms with Crippen LogP contribution in [0.3, 0.4) is 0 Å². The van der Waals surface area contributed by atoms with Crippen molar-refractivity contribution >= 4 is 35.5 Å². The third-order valence-electron chi connectivity index (χ3n) is 5.87. The van der Waals surface area contributed by atoms with E-state index < -0.39 is 11.8 Å². The maximum atomic E-state index is 15.2. The minimum Gasteiger partial charge on any atom is -0.459 e. The van der Waals surface area contributed by atoms with Crippen LogP contribution in [0.25, 0.3) is 0 Å². The summed E-state index contributed by atoms with van der Waals surface area (Å²) in [5.41, 5.74) is 0.789. The van der Waals surface area contributed by atoms with E-state index in [1.807, 2.05) is 18.9 Å². The molecule has 0 bridgehead atoms. The van der Waals surface area contributed by atoms with Gasteiger partial charge in [-0.25, -0.2) is 9.37 Å². The van der Waals surface area contributed by atoms with E-state index in [0.29, 0.717) is 11.8 Å². The normalized spacial score (nSPS) is 20.6. The number of halogens is 1. The summed E-state index contributed by atoms with van der Waals surface area (Å²) < 4.78 is 23.8. The van der Waals surface area contributed by atoms with Gasteiger partial charge in [0.2, 0.25) is 5.95 Å². The Morgan fingerprint density at radius 2 is 2.18 bits per heavy atom. The number of aliphatic hydroxyl groups excluding tert-OH is 1. The van der Waals surface area contributed by atoms with E-state index in [1.165, 1.54) is 6.92 Å². The number of aryl methyl sites for hydroxylation is 1. The predicted molar refractivity (Wildman–Crippen MR) is 130 cm³/mol. The average Bonchev–Trinajstić information content (AvgIpc) is 3.10. The van der Waals surface area contributed by atoms with Crippen LogP contribution in [-0.2, 0) is 16.1 Å². The lowest BCUT2D eigenvalue weighted by Crippen LogP contribution is -2.38. The van der Waals surface area contributed by atoms with Gasteiger partial charge in [0.05, 0.1) is 0 Å². The van der Waals surface area contributed by atoms with Crippen molar-refractivity contribution in [2.75, 3.05) is 29.6 Å². The molecule has 0 aliphatic heterocycles. The minimum atomic E-state index is -0.702. The van der Waals surface area contributed by atoms with Crippen LogP contribution in [0.5, 0.6) is 0 Å². The summed E-state index contributed by atoms with van der Waals surface area (Å²) in [4.78, 5) is 22.1. The Morgan fingerprint density at radius 1 is 1.38 bits per heavy atom. The number of rotatable bonds is 10. The predicted octanol–water partition coefficient (Wildman–Crippen LogP) is 3.07. The van der Waals surface area contributed by atoms with E-state index in [4.69, 9.17) is 4.74 Å². The van der Waals surface area contributed by atoms with Gasteiger partial charge in [-0.3, -0.25) is 14.6 Å². The number of H-pyrrole nitrogens is 1. The molecule has 2 aromatic rings. The van der Waals surface area contributed by atoms with Crippen LogP contribution in [-0.4, -0.2) is 62.7 Å². The molecule has 1 aliphatic carbocycles. The van der Waals surface area contributed by atoms with Crippen LogP contribution < -0.4 is 14.9 Å². The quantitative estimate of drug-likeness (QED) is 0.222. The molecule has 1 fully saturated rings. The van der Waals surface area contributed by atoms with Gasteiger partial charge in [0.25, 0.3) is 0 Å². The summed E-state index contributed by atoms with van der Waals surface area (Å²) in [5.74, 6) is 0.573. The third-order valence-corrected chi connectivity index (χ3v) is 6.66. The molecule has 0 aromatic carbocycles. The largest absolute Gasteiger partial charge is 0.459 e. The van der Waals surface area contributed by atoms with Gasteiger partial charge in [-0.2, -0.15) is 10.1 Å². The summed E-state index contributed by atoms with van der Waals surface area (Å²) in [7, 11) is 1.87. The first-order valence-corrected chi connectivity index (χ1v) is 12.5. The number of nitrogens with zero attached hydrogens (tertiary/aromatic N) is 4. The average molecular weight is 496 g/mol. The molecular formula is C22H34FN7O3S. The second kappa shape index (κ2) is 12.3. The molecular weight excluding hydrogens is 461 g/mol. The van der Waals surface area contributed by atoms with Crippen LogP contribution in [0, 0.1) is 18.7 Å². The Kier molecular flexibility index (Phi) is 9.48. The highest BCUT2D eigenvalue weighted by Gasteiger charge is 2.30. The Hall–Kier alpha value is -2.44. The fraction of sp³-hybridized carbons (Fsp3) is 0.636. The molecule has 3 rings (SSSR count). The van der Waals surface area contributed by atoms with Crippen molar-refractivity contribution in [2.24, 2.45) is 5.92 Å². The molecule has 2 heterocycles. The number of carbonyl (C=O) groups is 1. The molecule has 188 valence electrons. The highest BCUT2D eigenvalue weighted by Crippen LogP contribution is 2.30. The third kappa shape index (κ3) is 7.03. The zero-order chi connectivity index (χ0) is 24.7. The first-order chi connectivity index (χ1) is 16.3. The molecule has 0 spiro atoms. The Bertz CT molecular complexity index is 961. The number of aliphatic hydroxyl groups is 1. The number of carbonyl (C=O) groups excluding carboxylic acids is 1. The van der Waals surface area contributed by atoms with E-state index >= 15 is 4.39 Å². The molecule has 0 radical (unpaired) electrons. The fourth-order valence-corrected chi connectivity index (χ4v) is 4.64. The minimum absolute atomic E-state index is 0.0228. The van der Waals surface area contributed by atoms with Crippen LogP contribution in [0.15, 0.2) is 6.07 Å². The first-order valence-electron chi connectivity index (χ1n) is 11.5. The molecule has 34 heavy (non-hydrogen) atoms. The van der Waals surface area contributed by atoms with Gasteiger partial charge in [-0.15, -0.1) is 0 Å². The SMILES string of the molecule is CCSNC1CCC(CO)CC(N(C)c2nc(COC(C)=O)c(F)c(Nc3cc(C)[nH]n3)n2)C1. The van der Waals surface area contributed by atoms with Crippen molar-refractivity contribution in [1.29, 1.82) is 0 Å². The van der Waals surface area contributed by atoms with Gasteiger partial charge >= 0.3 is 5.97 Å². The summed E-state index contributed by atoms with van der Waals surface area (Å²) in [6, 6.07) is 2.04. The highest BCUT2D eigenvalue weighted by molar-refractivity contribution is 7.97. The van der Waals surface area contributed by atoms with Crippen molar-refractivity contribution in [3.63, 3.8) is 0 Å². The van der Waals surface area contributed by atoms with Crippen molar-refractivity contribution in [3.05, 3.63) is 23.3 Å². The van der Waals surface area contributed by atoms with Crippen molar-refractivity contribution in [1.82, 2.24) is 24.9 Å². The number of anilines is 3. The molecule has 12 heteroatoms. The van der Waals surface area contributed by atoms with Crippen LogP contribution in [0.2, 0.25) is 0 Å². The lowest BCUT2D eigenvalue weighted by Gasteiger charge is -2.31. The van der Waals surface area contributed by atoms with Crippen molar-refractivity contribution < 1.29 is 19.0 Å². The molecule has 0 saturated heterocycles. The van der Waals surface area contributed by atoms with Crippen molar-refractivity contribution in [3.8, 4) is 0 Å². The molecule has 1 aliphatic rings. The number of nitrogens with one attached hydrogen (secondary N) is 3. The van der Waals surface area contributed by atoms with E-state index in [0.717, 1.165) is 37.1 Å². The van der Waals surface area contributed by atoms with Crippen LogP contribution >= 0.6 is 11.9 Å². The second-order valence-electron chi connectivity index (χ2n) is 8.58. The van der Waals surface area contributed by atoms with Gasteiger partial charge in [0.15, 0.2) is 17.5 Å². The zero-order valence-corrected chi connectivity index (χ0v) is 20.9. The number of hydrogen-bond donors (Lipinski definition) is 4. The van der Waals surface area contributed by atoms with Gasteiger partial charge < -0.3 is 20.1 Å². The Morgan fingerprint density at radius 3 is 2.82 bits per heavy atom. The Balaban J connectivity index is 1.91. The maximum absolute atomic E-state index is 15.2. The van der Waals surface area contributed by atoms with Gasteiger partial charge in [0, 0.05) is 50.2 Å². The topological polar surface area (TPSA) is 128 Å². The van der Waals surface area contributed by atoms with E-state index in [-0.39, 0.29) is 42.7 Å². The first kappa shape index (κ1) is 26.2. The second-order valence-corrected chi connectivity index (χ2v) is 9.69. The summed E-state index contributed by atoms with van der Waals surface area (Å²) in [6.45, 7) is 5.01. The summed E-state index contributed by atoms with van der Waals surface area (Å²) in [6.07, 6.45) is 3.50. The van der Waals surface area contributed by atoms with E-state index in [2.05, 4.69) is 37.1 Å². The number of ether oxygens (including phenoxy) is 1. The lowest BCUT2D eigenvalue weighted by molar-refractivity contribution is -0.142. The highest BCUT2D eigenvalue weighted by atomic mass is 32.2. The zero-order valence-electron chi connectivity index (χ0n) is 20.1. The number of aromatic amines is 1. The molecule has 10 nitrogen and oxygen atoms in total. The van der Waals surface area contributed by atoms with E-state index in [1.54, 1.807) is 18.0 Å². The number of esters is 1. The molecule has 1 saturated carbocycles. The number of hydrogen-bond acceptors (Lipinski definition) is 10. The molecule has 2 aromatic heterocycles. The van der Waals surface area contributed by atoms with Gasteiger partial charge in [-0.1, -0.05) is 18.9 Å². The molecule has 3 unspecified atom stereocenters. The summed E-state index contributed by atoms with van der Waals surface area (Å²) >= 11 is 1.68. The molecule has 4 N–H and O–H groups in total. The molecule has 0 amide bonds. The van der Waals surface area contributed by atoms with Gasteiger partial charge in [-0.05, 0) is 38.5 Å². The standard InChI is InChI=1S/C22H34FN7O3S/c1-5-34-29-16-7-6-15(11-31)9-17(10-16)30(4)22-24-18(12-33-14(3)32)20(23)21(26-22)25-19-8-13(2)27-28-19/h8,15-17,29,31H,5-7,9-12H2,1-4H3,(H2,24,25,26,27,28). The Labute approximate surface area is 203 Å². The van der Waals surface area contributed by atoms with Crippen LogP contribution in [0.1, 0.15) is 50.9 Å². The molecule has 3 atom stereocenters. The van der Waals surface area contributed by atoms with Crippen LogP contribution in [0.4, 0.5) is 22.0 Å². The number of aromatic nitrogens is 4. The summed E-state index contributed by atoms with van der Waals surface area (Å²) in [5, 5.41) is 19.7. The lowest BCUT2D eigenvalue weighted by atomic mass is 9.98. The monoisotopic (exact) mass is 495 g/mol. The smallest absolute Gasteiger partial charge is 0.303 e. The van der Waals surface area contributed by atoms with E-state index in [9.17, 15) is 9.90 Å². The van der Waals surface area contributed by atoms with Crippen molar-refractivity contribution in [2.45, 2.75) is 65.1 Å². The van der Waals surface area contributed by atoms with Gasteiger partial charge in [0.1, 0.15) is 12.3 Å².